The van der Waals surface area contributed by atoms with Gasteiger partial charge in [-0.3, -0.25) is 9.59 Å². The normalized spacial score (nSPS) is 16.2. The summed E-state index contributed by atoms with van der Waals surface area (Å²) in [5.41, 5.74) is -0.228. The molecule has 0 aromatic heterocycles. The number of Topliss-reactive ketones (excluding diaryl/α,β-unsaturated/α-hetero) is 1. The van der Waals surface area contributed by atoms with Crippen molar-refractivity contribution >= 4 is 11.7 Å². The summed E-state index contributed by atoms with van der Waals surface area (Å²) < 4.78 is 26.4. The Bertz CT molecular complexity index is 649. The van der Waals surface area contributed by atoms with Crippen LogP contribution in [-0.2, 0) is 4.79 Å². The predicted octanol–water partition coefficient (Wildman–Crippen LogP) is 3.52. The number of ketones is 1. The fourth-order valence-electron chi connectivity index (χ4n) is 3.05. The lowest BCUT2D eigenvalue weighted by atomic mass is 9.84. The van der Waals surface area contributed by atoms with Gasteiger partial charge < -0.3 is 5.32 Å². The van der Waals surface area contributed by atoms with Crippen LogP contribution in [0.1, 0.15) is 55.3 Å². The van der Waals surface area contributed by atoms with Gasteiger partial charge in [-0.1, -0.05) is 19.3 Å². The average Bonchev–Trinajstić information content (AvgIpc) is 2.58. The number of nitrogens with zero attached hydrogens (tertiary/aromatic N) is 1. The van der Waals surface area contributed by atoms with Crippen LogP contribution in [0.3, 0.4) is 0 Å². The van der Waals surface area contributed by atoms with Crippen molar-refractivity contribution in [2.45, 2.75) is 51.0 Å². The summed E-state index contributed by atoms with van der Waals surface area (Å²) in [7, 11) is 0. The van der Waals surface area contributed by atoms with Gasteiger partial charge in [0.1, 0.15) is 17.7 Å². The smallest absolute Gasteiger partial charge is 0.221 e. The summed E-state index contributed by atoms with van der Waals surface area (Å²) in [4.78, 5) is 23.9. The van der Waals surface area contributed by atoms with E-state index in [9.17, 15) is 23.6 Å². The Morgan fingerprint density at radius 2 is 1.92 bits per heavy atom. The molecule has 1 aliphatic rings. The summed E-state index contributed by atoms with van der Waals surface area (Å²) in [6, 6.07) is 4.29. The van der Waals surface area contributed by atoms with Crippen molar-refractivity contribution in [2.75, 3.05) is 0 Å². The van der Waals surface area contributed by atoms with E-state index in [-0.39, 0.29) is 24.3 Å². The van der Waals surface area contributed by atoms with Crippen molar-refractivity contribution in [1.82, 2.24) is 5.32 Å². The minimum atomic E-state index is -0.933. The lowest BCUT2D eigenvalue weighted by molar-refractivity contribution is -0.121. The molecule has 1 amide bonds. The fraction of sp³-hybridized carbons (Fsp3) is 0.500. The molecule has 128 valence electrons. The van der Waals surface area contributed by atoms with E-state index in [0.29, 0.717) is 6.07 Å². The van der Waals surface area contributed by atoms with Gasteiger partial charge >= 0.3 is 0 Å². The molecule has 1 aromatic rings. The summed E-state index contributed by atoms with van der Waals surface area (Å²) >= 11 is 0. The molecule has 1 saturated carbocycles. The first-order valence-corrected chi connectivity index (χ1v) is 8.18. The Morgan fingerprint density at radius 1 is 1.21 bits per heavy atom. The molecule has 0 unspecified atom stereocenters. The van der Waals surface area contributed by atoms with E-state index in [4.69, 9.17) is 0 Å². The molecular formula is C18H20F2N2O2. The van der Waals surface area contributed by atoms with Crippen LogP contribution in [-0.4, -0.2) is 17.7 Å². The summed E-state index contributed by atoms with van der Waals surface area (Å²) in [5.74, 6) is -2.50. The number of amides is 1. The SMILES string of the molecule is N#C[C@H](NC(=O)CCC(=O)c1ccc(F)cc1F)C1CCCCC1. The number of benzene rings is 1. The van der Waals surface area contributed by atoms with Crippen LogP contribution in [0.4, 0.5) is 8.78 Å². The monoisotopic (exact) mass is 334 g/mol. The van der Waals surface area contributed by atoms with E-state index in [0.717, 1.165) is 44.2 Å². The highest BCUT2D eigenvalue weighted by Gasteiger charge is 2.25. The first kappa shape index (κ1) is 18.1. The predicted molar refractivity (Wildman–Crippen MR) is 84.0 cm³/mol. The van der Waals surface area contributed by atoms with Gasteiger partial charge in [-0.15, -0.1) is 0 Å². The van der Waals surface area contributed by atoms with Crippen molar-refractivity contribution in [1.29, 1.82) is 5.26 Å². The van der Waals surface area contributed by atoms with Crippen molar-refractivity contribution in [3.8, 4) is 6.07 Å². The standard InChI is InChI=1S/C18H20F2N2O2/c19-13-6-7-14(15(20)10-13)17(23)8-9-18(24)22-16(11-21)12-4-2-1-3-5-12/h6-7,10,12,16H,1-5,8-9H2,(H,22,24)/t16-/m0/s1. The zero-order chi connectivity index (χ0) is 17.5. The Hall–Kier alpha value is -2.29. The molecule has 0 spiro atoms. The molecule has 1 aromatic carbocycles. The van der Waals surface area contributed by atoms with E-state index in [2.05, 4.69) is 11.4 Å². The van der Waals surface area contributed by atoms with Crippen molar-refractivity contribution < 1.29 is 18.4 Å². The van der Waals surface area contributed by atoms with Gasteiger partial charge in [0, 0.05) is 18.9 Å². The van der Waals surface area contributed by atoms with Crippen LogP contribution in [0.25, 0.3) is 0 Å². The van der Waals surface area contributed by atoms with E-state index in [1.165, 1.54) is 0 Å². The number of carbonyl (C=O) groups excluding carboxylic acids is 2. The second-order valence-electron chi connectivity index (χ2n) is 6.12. The van der Waals surface area contributed by atoms with E-state index >= 15 is 0 Å². The molecule has 0 heterocycles. The number of hydrogen-bond acceptors (Lipinski definition) is 3. The van der Waals surface area contributed by atoms with E-state index < -0.39 is 29.4 Å². The molecule has 1 aliphatic carbocycles. The fourth-order valence-corrected chi connectivity index (χ4v) is 3.05. The molecular weight excluding hydrogens is 314 g/mol. The molecule has 6 heteroatoms. The van der Waals surface area contributed by atoms with Crippen molar-refractivity contribution in [3.05, 3.63) is 35.4 Å². The second-order valence-corrected chi connectivity index (χ2v) is 6.12. The van der Waals surface area contributed by atoms with Gasteiger partial charge in [-0.2, -0.15) is 5.26 Å². The number of halogens is 2. The average molecular weight is 334 g/mol. The Morgan fingerprint density at radius 3 is 2.54 bits per heavy atom. The van der Waals surface area contributed by atoms with E-state index in [1.54, 1.807) is 0 Å². The van der Waals surface area contributed by atoms with Gasteiger partial charge in [-0.05, 0) is 30.9 Å². The zero-order valence-corrected chi connectivity index (χ0v) is 13.4. The lowest BCUT2D eigenvalue weighted by Gasteiger charge is -2.26. The van der Waals surface area contributed by atoms with Crippen molar-refractivity contribution in [2.24, 2.45) is 5.92 Å². The Balaban J connectivity index is 1.85. The van der Waals surface area contributed by atoms with Crippen LogP contribution in [0, 0.1) is 28.9 Å². The highest BCUT2D eigenvalue weighted by molar-refractivity contribution is 5.98. The molecule has 24 heavy (non-hydrogen) atoms. The summed E-state index contributed by atoms with van der Waals surface area (Å²) in [5, 5.41) is 11.9. The number of carbonyl (C=O) groups is 2. The highest BCUT2D eigenvalue weighted by atomic mass is 19.1. The molecule has 0 radical (unpaired) electrons. The minimum absolute atomic E-state index is 0.124. The molecule has 2 rings (SSSR count). The summed E-state index contributed by atoms with van der Waals surface area (Å²) in [6.45, 7) is 0. The molecule has 0 aliphatic heterocycles. The number of nitrogens with one attached hydrogen (secondary N) is 1. The molecule has 4 nitrogen and oxygen atoms in total. The van der Waals surface area contributed by atoms with Gasteiger partial charge in [0.05, 0.1) is 11.6 Å². The molecule has 0 bridgehead atoms. The van der Waals surface area contributed by atoms with Crippen LogP contribution in [0.5, 0.6) is 0 Å². The van der Waals surface area contributed by atoms with Gasteiger partial charge in [0.25, 0.3) is 0 Å². The third kappa shape index (κ3) is 4.85. The first-order chi connectivity index (χ1) is 11.5. The summed E-state index contributed by atoms with van der Waals surface area (Å²) in [6.07, 6.45) is 4.79. The largest absolute Gasteiger partial charge is 0.340 e. The number of nitriles is 1. The van der Waals surface area contributed by atoms with Crippen LogP contribution >= 0.6 is 0 Å². The molecule has 1 atom stereocenters. The zero-order valence-electron chi connectivity index (χ0n) is 13.4. The molecule has 0 saturated heterocycles. The second kappa shape index (κ2) is 8.53. The third-order valence-electron chi connectivity index (χ3n) is 4.39. The Labute approximate surface area is 139 Å². The Kier molecular flexibility index (Phi) is 6.42. The van der Waals surface area contributed by atoms with Crippen molar-refractivity contribution in [3.63, 3.8) is 0 Å². The first-order valence-electron chi connectivity index (χ1n) is 8.18. The maximum atomic E-state index is 13.5. The van der Waals surface area contributed by atoms with Crippen LogP contribution < -0.4 is 5.32 Å². The minimum Gasteiger partial charge on any atom is -0.340 e. The maximum Gasteiger partial charge on any atom is 0.221 e. The number of hydrogen-bond donors (Lipinski definition) is 1. The maximum absolute atomic E-state index is 13.5. The van der Waals surface area contributed by atoms with Gasteiger partial charge in [0.15, 0.2) is 5.78 Å². The third-order valence-corrected chi connectivity index (χ3v) is 4.39. The highest BCUT2D eigenvalue weighted by Crippen LogP contribution is 2.26. The number of rotatable bonds is 6. The lowest BCUT2D eigenvalue weighted by Crippen LogP contribution is -2.40. The van der Waals surface area contributed by atoms with Crippen LogP contribution in [0.15, 0.2) is 18.2 Å². The van der Waals surface area contributed by atoms with E-state index in [1.807, 2.05) is 0 Å². The quantitative estimate of drug-likeness (QED) is 0.809. The molecule has 1 fully saturated rings. The van der Waals surface area contributed by atoms with Gasteiger partial charge in [0.2, 0.25) is 5.91 Å². The van der Waals surface area contributed by atoms with Crippen LogP contribution in [0.2, 0.25) is 0 Å². The van der Waals surface area contributed by atoms with Gasteiger partial charge in [-0.25, -0.2) is 8.78 Å². The molecule has 1 N–H and O–H groups in total. The topological polar surface area (TPSA) is 70.0 Å².